The smallest absolute Gasteiger partial charge is 0.143 e. The van der Waals surface area contributed by atoms with Crippen LogP contribution in [0.1, 0.15) is 24.8 Å². The molecule has 0 saturated carbocycles. The molecule has 2 aliphatic rings. The van der Waals surface area contributed by atoms with Gasteiger partial charge in [-0.25, -0.2) is 8.78 Å². The minimum Gasteiger partial charge on any atom is -0.373 e. The molecule has 0 aliphatic carbocycles. The zero-order valence-corrected chi connectivity index (χ0v) is 11.7. The highest BCUT2D eigenvalue weighted by Gasteiger charge is 2.53. The summed E-state index contributed by atoms with van der Waals surface area (Å²) >= 11 is 3.05. The lowest BCUT2D eigenvalue weighted by atomic mass is 9.71. The number of benzene rings is 1. The van der Waals surface area contributed by atoms with Crippen LogP contribution in [0.15, 0.2) is 16.6 Å². The number of hydrogen-bond acceptors (Lipinski definition) is 2. The highest BCUT2D eigenvalue weighted by atomic mass is 79.9. The van der Waals surface area contributed by atoms with Crippen molar-refractivity contribution in [3.8, 4) is 6.07 Å². The van der Waals surface area contributed by atoms with Gasteiger partial charge in [0.05, 0.1) is 28.2 Å². The van der Waals surface area contributed by atoms with Gasteiger partial charge < -0.3 is 4.74 Å². The van der Waals surface area contributed by atoms with E-state index in [1.807, 2.05) is 0 Å². The summed E-state index contributed by atoms with van der Waals surface area (Å²) < 4.78 is 33.8. The van der Waals surface area contributed by atoms with Crippen LogP contribution in [0.4, 0.5) is 8.78 Å². The standard InChI is InChI=1S/C14H12BrF2NO/c15-10-2-3-11(16)9(13(10)17)6-14(7-18)5-8-1-4-12(14)19-8/h2-3,8,12H,1,4-6H2. The first-order valence-corrected chi connectivity index (χ1v) is 7.04. The summed E-state index contributed by atoms with van der Waals surface area (Å²) in [6, 6.07) is 4.82. The SMILES string of the molecule is N#CC1(Cc2c(F)ccc(Br)c2F)CC2CCC1O2. The molecule has 0 radical (unpaired) electrons. The van der Waals surface area contributed by atoms with Gasteiger partial charge in [0.15, 0.2) is 0 Å². The third-order valence-electron chi connectivity index (χ3n) is 4.17. The lowest BCUT2D eigenvalue weighted by molar-refractivity contribution is 0.0783. The fraction of sp³-hybridized carbons (Fsp3) is 0.500. The molecule has 3 atom stereocenters. The highest BCUT2D eigenvalue weighted by molar-refractivity contribution is 9.10. The quantitative estimate of drug-likeness (QED) is 0.775. The van der Waals surface area contributed by atoms with E-state index in [1.54, 1.807) is 0 Å². The summed E-state index contributed by atoms with van der Waals surface area (Å²) in [4.78, 5) is 0. The molecule has 1 aromatic rings. The first kappa shape index (κ1) is 13.0. The van der Waals surface area contributed by atoms with Crippen LogP contribution in [-0.4, -0.2) is 12.2 Å². The molecule has 2 nitrogen and oxygen atoms in total. The summed E-state index contributed by atoms with van der Waals surface area (Å²) in [6.45, 7) is 0. The van der Waals surface area contributed by atoms with Gasteiger partial charge in [0.2, 0.25) is 0 Å². The first-order valence-electron chi connectivity index (χ1n) is 6.25. The van der Waals surface area contributed by atoms with Crippen LogP contribution in [0.3, 0.4) is 0 Å². The van der Waals surface area contributed by atoms with Gasteiger partial charge in [0.25, 0.3) is 0 Å². The Morgan fingerprint density at radius 3 is 2.79 bits per heavy atom. The molecule has 3 rings (SSSR count). The Balaban J connectivity index is 1.97. The van der Waals surface area contributed by atoms with Gasteiger partial charge in [-0.05, 0) is 53.7 Å². The molecule has 5 heteroatoms. The number of nitriles is 1. The molecule has 1 aromatic carbocycles. The second-order valence-corrected chi connectivity index (χ2v) is 6.15. The Morgan fingerprint density at radius 1 is 1.42 bits per heavy atom. The molecule has 2 fully saturated rings. The minimum atomic E-state index is -0.786. The number of halogens is 3. The molecule has 2 saturated heterocycles. The second-order valence-electron chi connectivity index (χ2n) is 5.29. The molecule has 0 spiro atoms. The zero-order valence-electron chi connectivity index (χ0n) is 10.1. The molecule has 100 valence electrons. The third-order valence-corrected chi connectivity index (χ3v) is 4.78. The van der Waals surface area contributed by atoms with Crippen molar-refractivity contribution in [2.45, 2.75) is 37.9 Å². The van der Waals surface area contributed by atoms with E-state index in [-0.39, 0.29) is 28.7 Å². The fourth-order valence-electron chi connectivity index (χ4n) is 3.19. The number of fused-ring (bicyclic) bond motifs is 2. The van der Waals surface area contributed by atoms with Crippen LogP contribution in [0.25, 0.3) is 0 Å². The van der Waals surface area contributed by atoms with Gasteiger partial charge in [0.1, 0.15) is 11.6 Å². The van der Waals surface area contributed by atoms with Crippen LogP contribution in [0.2, 0.25) is 0 Å². The predicted octanol–water partition coefficient (Wildman–Crippen LogP) is 3.73. The van der Waals surface area contributed by atoms with E-state index in [2.05, 4.69) is 22.0 Å². The van der Waals surface area contributed by atoms with Gasteiger partial charge in [-0.15, -0.1) is 0 Å². The lowest BCUT2D eigenvalue weighted by Gasteiger charge is -2.28. The second kappa shape index (κ2) is 4.53. The van der Waals surface area contributed by atoms with Crippen LogP contribution < -0.4 is 0 Å². The Bertz CT molecular complexity index is 571. The topological polar surface area (TPSA) is 33.0 Å². The van der Waals surface area contributed by atoms with Gasteiger partial charge in [-0.3, -0.25) is 0 Å². The maximum absolute atomic E-state index is 14.0. The van der Waals surface area contributed by atoms with Crippen molar-refractivity contribution in [1.82, 2.24) is 0 Å². The normalized spacial score (nSPS) is 32.5. The summed E-state index contributed by atoms with van der Waals surface area (Å²) in [7, 11) is 0. The summed E-state index contributed by atoms with van der Waals surface area (Å²) in [5.41, 5.74) is -0.808. The fourth-order valence-corrected chi connectivity index (χ4v) is 3.56. The number of hydrogen-bond donors (Lipinski definition) is 0. The van der Waals surface area contributed by atoms with E-state index in [9.17, 15) is 14.0 Å². The molecule has 0 N–H and O–H groups in total. The Morgan fingerprint density at radius 2 is 2.21 bits per heavy atom. The monoisotopic (exact) mass is 327 g/mol. The first-order chi connectivity index (χ1) is 9.05. The van der Waals surface area contributed by atoms with Crippen LogP contribution in [0.5, 0.6) is 0 Å². The van der Waals surface area contributed by atoms with E-state index >= 15 is 0 Å². The van der Waals surface area contributed by atoms with Crippen molar-refractivity contribution in [3.63, 3.8) is 0 Å². The van der Waals surface area contributed by atoms with Crippen LogP contribution in [-0.2, 0) is 11.2 Å². The molecule has 3 unspecified atom stereocenters. The lowest BCUT2D eigenvalue weighted by Crippen LogP contribution is -2.33. The van der Waals surface area contributed by atoms with Crippen molar-refractivity contribution in [3.05, 3.63) is 33.8 Å². The van der Waals surface area contributed by atoms with E-state index in [0.717, 1.165) is 12.8 Å². The summed E-state index contributed by atoms with van der Waals surface area (Å²) in [5.74, 6) is -1.21. The maximum Gasteiger partial charge on any atom is 0.143 e. The number of rotatable bonds is 2. The molecular weight excluding hydrogens is 316 g/mol. The van der Waals surface area contributed by atoms with Crippen molar-refractivity contribution in [2.24, 2.45) is 5.41 Å². The molecule has 2 heterocycles. The Hall–Kier alpha value is -0.990. The minimum absolute atomic E-state index is 0.0212. The molecule has 0 aromatic heterocycles. The molecule has 0 amide bonds. The maximum atomic E-state index is 14.0. The Labute approximate surface area is 118 Å². The molecular formula is C14H12BrF2NO. The van der Waals surface area contributed by atoms with E-state index in [1.165, 1.54) is 12.1 Å². The zero-order chi connectivity index (χ0) is 13.6. The average molecular weight is 328 g/mol. The van der Waals surface area contributed by atoms with E-state index in [0.29, 0.717) is 6.42 Å². The summed E-state index contributed by atoms with van der Waals surface area (Å²) in [6.07, 6.45) is 2.26. The molecule has 2 bridgehead atoms. The van der Waals surface area contributed by atoms with Gasteiger partial charge >= 0.3 is 0 Å². The van der Waals surface area contributed by atoms with Crippen molar-refractivity contribution in [1.29, 1.82) is 5.26 Å². The predicted molar refractivity (Wildman–Crippen MR) is 68.3 cm³/mol. The average Bonchev–Trinajstić information content (AvgIpc) is 3.00. The number of ether oxygens (including phenoxy) is 1. The number of nitrogens with zero attached hydrogens (tertiary/aromatic N) is 1. The summed E-state index contributed by atoms with van der Waals surface area (Å²) in [5, 5.41) is 9.46. The van der Waals surface area contributed by atoms with Gasteiger partial charge in [0, 0.05) is 5.56 Å². The van der Waals surface area contributed by atoms with Crippen LogP contribution in [0, 0.1) is 28.4 Å². The van der Waals surface area contributed by atoms with Crippen molar-refractivity contribution in [2.75, 3.05) is 0 Å². The van der Waals surface area contributed by atoms with E-state index < -0.39 is 17.0 Å². The van der Waals surface area contributed by atoms with Crippen LogP contribution >= 0.6 is 15.9 Å². The van der Waals surface area contributed by atoms with Crippen molar-refractivity contribution < 1.29 is 13.5 Å². The van der Waals surface area contributed by atoms with Crippen molar-refractivity contribution >= 4 is 15.9 Å². The largest absolute Gasteiger partial charge is 0.373 e. The van der Waals surface area contributed by atoms with E-state index in [4.69, 9.17) is 4.74 Å². The Kier molecular flexibility index (Phi) is 3.11. The van der Waals surface area contributed by atoms with Gasteiger partial charge in [-0.2, -0.15) is 5.26 Å². The third kappa shape index (κ3) is 1.98. The molecule has 19 heavy (non-hydrogen) atoms. The molecule has 2 aliphatic heterocycles. The van der Waals surface area contributed by atoms with Gasteiger partial charge in [-0.1, -0.05) is 0 Å². The highest BCUT2D eigenvalue weighted by Crippen LogP contribution is 2.49.